The van der Waals surface area contributed by atoms with Crippen molar-refractivity contribution in [2.75, 3.05) is 7.05 Å². The molecule has 0 N–H and O–H groups in total. The number of carbonyl (C=O) groups is 1. The lowest BCUT2D eigenvalue weighted by Crippen LogP contribution is -2.22. The molecule has 2 aromatic rings. The fourth-order valence-corrected chi connectivity index (χ4v) is 1.82. The minimum Gasteiger partial charge on any atom is -0.342 e. The second-order valence-electron chi connectivity index (χ2n) is 4.44. The van der Waals surface area contributed by atoms with E-state index in [9.17, 15) is 4.79 Å². The van der Waals surface area contributed by atoms with E-state index >= 15 is 0 Å². The average Bonchev–Trinajstić information content (AvgIpc) is 2.40. The highest BCUT2D eigenvalue weighted by Gasteiger charge is 2.03. The maximum absolute atomic E-state index is 11.2. The van der Waals surface area contributed by atoms with Crippen LogP contribution in [0.4, 0.5) is 0 Å². The molecular weight excluding hydrogens is 222 g/mol. The van der Waals surface area contributed by atoms with E-state index < -0.39 is 0 Å². The summed E-state index contributed by atoms with van der Waals surface area (Å²) in [5.74, 6) is 0.0853. The fourth-order valence-electron chi connectivity index (χ4n) is 1.82. The lowest BCUT2D eigenvalue weighted by Gasteiger charge is -2.14. The fraction of sp³-hybridized carbons (Fsp3) is 0.188. The second-order valence-corrected chi connectivity index (χ2v) is 4.44. The number of hydrogen-bond acceptors (Lipinski definition) is 1. The van der Waals surface area contributed by atoms with Gasteiger partial charge in [0.1, 0.15) is 0 Å². The predicted molar refractivity (Wildman–Crippen MR) is 74.0 cm³/mol. The maximum Gasteiger partial charge on any atom is 0.219 e. The monoisotopic (exact) mass is 239 g/mol. The smallest absolute Gasteiger partial charge is 0.219 e. The van der Waals surface area contributed by atoms with Crippen LogP contribution in [0.1, 0.15) is 12.5 Å². The molecule has 92 valence electrons. The normalized spacial score (nSPS) is 10.1. The molecule has 0 aliphatic carbocycles. The quantitative estimate of drug-likeness (QED) is 0.804. The molecule has 0 unspecified atom stereocenters. The highest BCUT2D eigenvalue weighted by molar-refractivity contribution is 5.72. The van der Waals surface area contributed by atoms with Gasteiger partial charge in [-0.1, -0.05) is 54.6 Å². The molecular formula is C16H17NO. The van der Waals surface area contributed by atoms with Gasteiger partial charge in [0, 0.05) is 20.5 Å². The van der Waals surface area contributed by atoms with Crippen LogP contribution in [0.5, 0.6) is 0 Å². The molecule has 0 aromatic heterocycles. The molecule has 0 bridgehead atoms. The molecule has 0 radical (unpaired) electrons. The minimum absolute atomic E-state index is 0.0853. The number of carbonyl (C=O) groups excluding carboxylic acids is 1. The molecule has 0 atom stereocenters. The van der Waals surface area contributed by atoms with Crippen molar-refractivity contribution in [3.8, 4) is 11.1 Å². The van der Waals surface area contributed by atoms with E-state index in [1.54, 1.807) is 11.8 Å². The van der Waals surface area contributed by atoms with Gasteiger partial charge in [-0.3, -0.25) is 4.79 Å². The molecule has 2 nitrogen and oxygen atoms in total. The predicted octanol–water partition coefficient (Wildman–Crippen LogP) is 3.33. The maximum atomic E-state index is 11.2. The van der Waals surface area contributed by atoms with Crippen LogP contribution >= 0.6 is 0 Å². The largest absolute Gasteiger partial charge is 0.342 e. The number of rotatable bonds is 3. The van der Waals surface area contributed by atoms with Crippen molar-refractivity contribution in [2.24, 2.45) is 0 Å². The van der Waals surface area contributed by atoms with E-state index in [2.05, 4.69) is 36.4 Å². The van der Waals surface area contributed by atoms with E-state index in [-0.39, 0.29) is 5.91 Å². The van der Waals surface area contributed by atoms with Crippen LogP contribution in [-0.2, 0) is 11.3 Å². The Hall–Kier alpha value is -2.09. The van der Waals surface area contributed by atoms with Crippen molar-refractivity contribution >= 4 is 5.91 Å². The number of benzene rings is 2. The summed E-state index contributed by atoms with van der Waals surface area (Å²) in [5.41, 5.74) is 3.56. The van der Waals surface area contributed by atoms with E-state index in [1.807, 2.05) is 25.2 Å². The van der Waals surface area contributed by atoms with Crippen molar-refractivity contribution in [3.63, 3.8) is 0 Å². The van der Waals surface area contributed by atoms with Crippen LogP contribution in [-0.4, -0.2) is 17.9 Å². The Morgan fingerprint density at radius 1 is 0.944 bits per heavy atom. The Morgan fingerprint density at radius 3 is 2.06 bits per heavy atom. The highest BCUT2D eigenvalue weighted by Crippen LogP contribution is 2.19. The molecule has 2 rings (SSSR count). The first kappa shape index (κ1) is 12.4. The first-order chi connectivity index (χ1) is 8.66. The van der Waals surface area contributed by atoms with Gasteiger partial charge < -0.3 is 4.90 Å². The molecule has 0 aliphatic rings. The Morgan fingerprint density at radius 2 is 1.50 bits per heavy atom. The summed E-state index contributed by atoms with van der Waals surface area (Å²) in [7, 11) is 1.81. The van der Waals surface area contributed by atoms with Gasteiger partial charge in [0.25, 0.3) is 0 Å². The molecule has 2 aromatic carbocycles. The van der Waals surface area contributed by atoms with E-state index in [1.165, 1.54) is 11.1 Å². The van der Waals surface area contributed by atoms with Crippen LogP contribution in [0.3, 0.4) is 0 Å². The summed E-state index contributed by atoms with van der Waals surface area (Å²) < 4.78 is 0. The zero-order valence-corrected chi connectivity index (χ0v) is 10.8. The van der Waals surface area contributed by atoms with E-state index in [0.29, 0.717) is 6.54 Å². The second kappa shape index (κ2) is 5.50. The molecule has 18 heavy (non-hydrogen) atoms. The van der Waals surface area contributed by atoms with E-state index in [0.717, 1.165) is 5.56 Å². The van der Waals surface area contributed by atoms with Crippen molar-refractivity contribution < 1.29 is 4.79 Å². The van der Waals surface area contributed by atoms with Crippen LogP contribution in [0.2, 0.25) is 0 Å². The van der Waals surface area contributed by atoms with Crippen molar-refractivity contribution in [1.82, 2.24) is 4.90 Å². The van der Waals surface area contributed by atoms with Gasteiger partial charge in [-0.15, -0.1) is 0 Å². The third-order valence-corrected chi connectivity index (χ3v) is 3.02. The molecule has 0 heterocycles. The Balaban J connectivity index is 2.13. The first-order valence-electron chi connectivity index (χ1n) is 6.03. The van der Waals surface area contributed by atoms with Crippen LogP contribution in [0, 0.1) is 0 Å². The Labute approximate surface area is 108 Å². The highest BCUT2D eigenvalue weighted by atomic mass is 16.2. The van der Waals surface area contributed by atoms with Gasteiger partial charge in [-0.25, -0.2) is 0 Å². The van der Waals surface area contributed by atoms with Crippen molar-refractivity contribution in [1.29, 1.82) is 0 Å². The summed E-state index contributed by atoms with van der Waals surface area (Å²) in [5, 5.41) is 0. The number of amides is 1. The summed E-state index contributed by atoms with van der Waals surface area (Å²) in [6.07, 6.45) is 0. The SMILES string of the molecule is CC(=O)N(C)Cc1ccc(-c2ccccc2)cc1. The lowest BCUT2D eigenvalue weighted by molar-refractivity contribution is -0.128. The van der Waals surface area contributed by atoms with Gasteiger partial charge in [-0.2, -0.15) is 0 Å². The standard InChI is InChI=1S/C16H17NO/c1-13(18)17(2)12-14-8-10-16(11-9-14)15-6-4-3-5-7-15/h3-11H,12H2,1-2H3. The topological polar surface area (TPSA) is 20.3 Å². The number of nitrogens with zero attached hydrogens (tertiary/aromatic N) is 1. The summed E-state index contributed by atoms with van der Waals surface area (Å²) in [6, 6.07) is 18.6. The molecule has 2 heteroatoms. The summed E-state index contributed by atoms with van der Waals surface area (Å²) >= 11 is 0. The van der Waals surface area contributed by atoms with Gasteiger partial charge in [-0.05, 0) is 16.7 Å². The van der Waals surface area contributed by atoms with E-state index in [4.69, 9.17) is 0 Å². The van der Waals surface area contributed by atoms with Gasteiger partial charge in [0.15, 0.2) is 0 Å². The van der Waals surface area contributed by atoms with Crippen molar-refractivity contribution in [2.45, 2.75) is 13.5 Å². The van der Waals surface area contributed by atoms with Gasteiger partial charge in [0.05, 0.1) is 0 Å². The zero-order chi connectivity index (χ0) is 13.0. The van der Waals surface area contributed by atoms with Crippen LogP contribution < -0.4 is 0 Å². The lowest BCUT2D eigenvalue weighted by atomic mass is 10.0. The molecule has 0 saturated carbocycles. The summed E-state index contributed by atoms with van der Waals surface area (Å²) in [6.45, 7) is 2.24. The third kappa shape index (κ3) is 2.98. The first-order valence-corrected chi connectivity index (χ1v) is 6.03. The molecule has 1 amide bonds. The average molecular weight is 239 g/mol. The summed E-state index contributed by atoms with van der Waals surface area (Å²) in [4.78, 5) is 12.9. The van der Waals surface area contributed by atoms with Crippen LogP contribution in [0.25, 0.3) is 11.1 Å². The zero-order valence-electron chi connectivity index (χ0n) is 10.8. The van der Waals surface area contributed by atoms with Crippen LogP contribution in [0.15, 0.2) is 54.6 Å². The van der Waals surface area contributed by atoms with Gasteiger partial charge >= 0.3 is 0 Å². The molecule has 0 aliphatic heterocycles. The molecule has 0 spiro atoms. The Kier molecular flexibility index (Phi) is 3.78. The third-order valence-electron chi connectivity index (χ3n) is 3.02. The molecule has 0 saturated heterocycles. The molecule has 0 fully saturated rings. The van der Waals surface area contributed by atoms with Crippen molar-refractivity contribution in [3.05, 3.63) is 60.2 Å². The minimum atomic E-state index is 0.0853. The Bertz CT molecular complexity index is 517. The van der Waals surface area contributed by atoms with Gasteiger partial charge in [0.2, 0.25) is 5.91 Å². The number of hydrogen-bond donors (Lipinski definition) is 0.